The lowest BCUT2D eigenvalue weighted by molar-refractivity contribution is -0.148. The zero-order chi connectivity index (χ0) is 15.1. The van der Waals surface area contributed by atoms with Crippen LogP contribution in [0.5, 0.6) is 0 Å². The molecule has 1 aliphatic rings. The summed E-state index contributed by atoms with van der Waals surface area (Å²) in [6.07, 6.45) is 1.60. The number of carbonyl (C=O) groups is 1. The Kier molecular flexibility index (Phi) is 3.91. The number of aliphatic carboxylic acids is 1. The van der Waals surface area contributed by atoms with Gasteiger partial charge in [0.15, 0.2) is 4.60 Å². The molecule has 2 rings (SSSR count). The van der Waals surface area contributed by atoms with Gasteiger partial charge in [-0.2, -0.15) is 0 Å². The van der Waals surface area contributed by atoms with E-state index in [1.165, 1.54) is 7.05 Å². The van der Waals surface area contributed by atoms with E-state index in [-0.39, 0.29) is 9.63 Å². The molecule has 2 atom stereocenters. The molecule has 1 fully saturated rings. The van der Waals surface area contributed by atoms with Crippen LogP contribution in [0, 0.1) is 5.41 Å². The Labute approximate surface area is 124 Å². The van der Waals surface area contributed by atoms with E-state index in [0.717, 1.165) is 4.68 Å². The SMILES string of the molecule is Cn1nnc(Br)c1S(=O)(=O)NC1CCCC1(C)C(=O)O. The molecule has 20 heavy (non-hydrogen) atoms. The summed E-state index contributed by atoms with van der Waals surface area (Å²) in [5.74, 6) is -0.995. The number of hydrogen-bond donors (Lipinski definition) is 2. The quantitative estimate of drug-likeness (QED) is 0.801. The van der Waals surface area contributed by atoms with E-state index in [4.69, 9.17) is 0 Å². The van der Waals surface area contributed by atoms with Gasteiger partial charge in [0.05, 0.1) is 5.41 Å². The molecule has 0 radical (unpaired) electrons. The van der Waals surface area contributed by atoms with Crippen molar-refractivity contribution in [1.82, 2.24) is 19.7 Å². The Balaban J connectivity index is 2.32. The highest BCUT2D eigenvalue weighted by Gasteiger charge is 2.47. The van der Waals surface area contributed by atoms with E-state index in [1.54, 1.807) is 6.92 Å². The maximum atomic E-state index is 12.4. The highest BCUT2D eigenvalue weighted by Crippen LogP contribution is 2.39. The summed E-state index contributed by atoms with van der Waals surface area (Å²) in [7, 11) is -2.43. The van der Waals surface area contributed by atoms with E-state index >= 15 is 0 Å². The van der Waals surface area contributed by atoms with E-state index < -0.39 is 27.4 Å². The Morgan fingerprint density at radius 2 is 2.25 bits per heavy atom. The maximum Gasteiger partial charge on any atom is 0.310 e. The van der Waals surface area contributed by atoms with Crippen LogP contribution < -0.4 is 4.72 Å². The van der Waals surface area contributed by atoms with Crippen LogP contribution in [0.25, 0.3) is 0 Å². The van der Waals surface area contributed by atoms with Crippen LogP contribution in [0.4, 0.5) is 0 Å². The number of nitrogens with zero attached hydrogens (tertiary/aromatic N) is 3. The molecule has 0 aliphatic heterocycles. The van der Waals surface area contributed by atoms with Gasteiger partial charge in [-0.05, 0) is 35.7 Å². The first-order valence-corrected chi connectivity index (χ1v) is 8.27. The molecule has 0 saturated heterocycles. The highest BCUT2D eigenvalue weighted by atomic mass is 79.9. The normalized spacial score (nSPS) is 26.9. The molecule has 10 heteroatoms. The first-order valence-electron chi connectivity index (χ1n) is 5.99. The highest BCUT2D eigenvalue weighted by molar-refractivity contribution is 9.10. The Morgan fingerprint density at radius 3 is 2.75 bits per heavy atom. The van der Waals surface area contributed by atoms with Crippen molar-refractivity contribution >= 4 is 31.9 Å². The third-order valence-corrected chi connectivity index (χ3v) is 6.09. The van der Waals surface area contributed by atoms with Crippen LogP contribution in [0.3, 0.4) is 0 Å². The second kappa shape index (κ2) is 5.08. The topological polar surface area (TPSA) is 114 Å². The van der Waals surface area contributed by atoms with Crippen LogP contribution in [-0.4, -0.2) is 40.5 Å². The van der Waals surface area contributed by atoms with Gasteiger partial charge in [0, 0.05) is 13.1 Å². The number of carboxylic acid groups (broad SMARTS) is 1. The zero-order valence-electron chi connectivity index (χ0n) is 11.0. The second-order valence-electron chi connectivity index (χ2n) is 5.10. The first kappa shape index (κ1) is 15.4. The van der Waals surface area contributed by atoms with Gasteiger partial charge in [-0.3, -0.25) is 4.79 Å². The summed E-state index contributed by atoms with van der Waals surface area (Å²) in [5, 5.41) is 16.4. The molecular formula is C10H15BrN4O4S. The summed E-state index contributed by atoms with van der Waals surface area (Å²) in [6.45, 7) is 1.56. The molecule has 0 bridgehead atoms. The van der Waals surface area contributed by atoms with Gasteiger partial charge in [-0.25, -0.2) is 17.8 Å². The van der Waals surface area contributed by atoms with Crippen LogP contribution in [-0.2, 0) is 21.9 Å². The predicted molar refractivity (Wildman–Crippen MR) is 72.4 cm³/mol. The van der Waals surface area contributed by atoms with Crippen molar-refractivity contribution in [2.45, 2.75) is 37.3 Å². The van der Waals surface area contributed by atoms with Gasteiger partial charge in [0.1, 0.15) is 0 Å². The average Bonchev–Trinajstić information content (AvgIpc) is 2.84. The van der Waals surface area contributed by atoms with E-state index in [0.29, 0.717) is 19.3 Å². The van der Waals surface area contributed by atoms with Gasteiger partial charge in [0.25, 0.3) is 10.0 Å². The van der Waals surface area contributed by atoms with Crippen molar-refractivity contribution in [2.75, 3.05) is 0 Å². The van der Waals surface area contributed by atoms with Gasteiger partial charge < -0.3 is 5.11 Å². The number of carboxylic acids is 1. The Hall–Kier alpha value is -1.00. The van der Waals surface area contributed by atoms with Crippen molar-refractivity contribution in [3.63, 3.8) is 0 Å². The molecule has 1 heterocycles. The van der Waals surface area contributed by atoms with Gasteiger partial charge >= 0.3 is 5.97 Å². The molecule has 2 unspecified atom stereocenters. The van der Waals surface area contributed by atoms with Crippen molar-refractivity contribution in [1.29, 1.82) is 0 Å². The molecule has 0 amide bonds. The minimum Gasteiger partial charge on any atom is -0.481 e. The standard InChI is InChI=1S/C10H15BrN4O4S/c1-10(9(16)17)5-3-4-6(10)13-20(18,19)8-7(11)12-14-15(8)2/h6,13H,3-5H2,1-2H3,(H,16,17). The number of aromatic nitrogens is 3. The van der Waals surface area contributed by atoms with Gasteiger partial charge in [-0.15, -0.1) is 5.10 Å². The molecule has 1 aromatic heterocycles. The predicted octanol–water partition coefficient (Wildman–Crippen LogP) is 0.499. The third-order valence-electron chi connectivity index (χ3n) is 3.74. The molecule has 1 aromatic rings. The number of aryl methyl sites for hydroxylation is 1. The van der Waals surface area contributed by atoms with E-state index in [2.05, 4.69) is 31.0 Å². The van der Waals surface area contributed by atoms with Crippen molar-refractivity contribution in [3.05, 3.63) is 4.60 Å². The summed E-state index contributed by atoms with van der Waals surface area (Å²) >= 11 is 3.03. The largest absolute Gasteiger partial charge is 0.481 e. The summed E-state index contributed by atoms with van der Waals surface area (Å²) in [4.78, 5) is 11.4. The summed E-state index contributed by atoms with van der Waals surface area (Å²) in [6, 6.07) is -0.646. The summed E-state index contributed by atoms with van der Waals surface area (Å²) < 4.78 is 28.4. The number of sulfonamides is 1. The fourth-order valence-corrected chi connectivity index (χ4v) is 4.94. The summed E-state index contributed by atoms with van der Waals surface area (Å²) in [5.41, 5.74) is -1.09. The van der Waals surface area contributed by atoms with Crippen molar-refractivity contribution < 1.29 is 18.3 Å². The lowest BCUT2D eigenvalue weighted by atomic mass is 9.85. The molecule has 8 nitrogen and oxygen atoms in total. The fourth-order valence-electron chi connectivity index (χ4n) is 2.46. The monoisotopic (exact) mass is 366 g/mol. The van der Waals surface area contributed by atoms with Crippen LogP contribution in [0.15, 0.2) is 9.63 Å². The van der Waals surface area contributed by atoms with Crippen molar-refractivity contribution in [2.24, 2.45) is 12.5 Å². The molecular weight excluding hydrogens is 352 g/mol. The average molecular weight is 367 g/mol. The number of hydrogen-bond acceptors (Lipinski definition) is 5. The Morgan fingerprint density at radius 1 is 1.60 bits per heavy atom. The Bertz CT molecular complexity index is 624. The number of rotatable bonds is 4. The smallest absolute Gasteiger partial charge is 0.310 e. The van der Waals surface area contributed by atoms with E-state index in [1.807, 2.05) is 0 Å². The zero-order valence-corrected chi connectivity index (χ0v) is 13.4. The minimum atomic E-state index is -3.89. The lowest BCUT2D eigenvalue weighted by Crippen LogP contribution is -2.47. The number of halogens is 1. The number of nitrogens with one attached hydrogen (secondary N) is 1. The van der Waals surface area contributed by atoms with Gasteiger partial charge in [0.2, 0.25) is 5.03 Å². The molecule has 0 spiro atoms. The van der Waals surface area contributed by atoms with Crippen molar-refractivity contribution in [3.8, 4) is 0 Å². The molecule has 112 valence electrons. The molecule has 0 aromatic carbocycles. The maximum absolute atomic E-state index is 12.4. The van der Waals surface area contributed by atoms with Crippen LogP contribution in [0.2, 0.25) is 0 Å². The minimum absolute atomic E-state index is 0.0996. The molecule has 1 saturated carbocycles. The van der Waals surface area contributed by atoms with E-state index in [9.17, 15) is 18.3 Å². The van der Waals surface area contributed by atoms with Crippen LogP contribution >= 0.6 is 15.9 Å². The van der Waals surface area contributed by atoms with Crippen LogP contribution in [0.1, 0.15) is 26.2 Å². The molecule has 2 N–H and O–H groups in total. The lowest BCUT2D eigenvalue weighted by Gasteiger charge is -2.27. The third kappa shape index (κ3) is 2.47. The first-order chi connectivity index (χ1) is 9.18. The van der Waals surface area contributed by atoms with Gasteiger partial charge in [-0.1, -0.05) is 11.6 Å². The second-order valence-corrected chi connectivity index (χ2v) is 7.48. The fraction of sp³-hybridized carbons (Fsp3) is 0.700. The molecule has 1 aliphatic carbocycles.